The molecule has 48 heavy (non-hydrogen) atoms. The number of allylic oxidation sites excluding steroid dienone is 10. The van der Waals surface area contributed by atoms with Crippen LogP contribution in [0, 0.1) is 0 Å². The van der Waals surface area contributed by atoms with E-state index in [9.17, 15) is 9.59 Å². The zero-order valence-electron chi connectivity index (χ0n) is 31.5. The molecule has 0 aromatic heterocycles. The predicted molar refractivity (Wildman–Crippen MR) is 208 cm³/mol. The van der Waals surface area contributed by atoms with Gasteiger partial charge in [0, 0.05) is 12.8 Å². The molecule has 0 fully saturated rings. The van der Waals surface area contributed by atoms with Crippen molar-refractivity contribution in [1.29, 1.82) is 0 Å². The molecule has 0 aliphatic heterocycles. The van der Waals surface area contributed by atoms with Crippen LogP contribution < -0.4 is 0 Å². The topological polar surface area (TPSA) is 63.6 Å². The van der Waals surface area contributed by atoms with Gasteiger partial charge >= 0.3 is 11.9 Å². The fourth-order valence-electron chi connectivity index (χ4n) is 5.79. The van der Waals surface area contributed by atoms with Gasteiger partial charge in [-0.2, -0.15) is 0 Å². The number of carboxylic acids is 1. The van der Waals surface area contributed by atoms with Crippen molar-refractivity contribution in [2.24, 2.45) is 0 Å². The third-order valence-corrected chi connectivity index (χ3v) is 8.75. The van der Waals surface area contributed by atoms with E-state index >= 15 is 0 Å². The first-order chi connectivity index (χ1) is 23.6. The van der Waals surface area contributed by atoms with Crippen molar-refractivity contribution in [2.75, 3.05) is 0 Å². The Bertz CT molecular complexity index is 850. The summed E-state index contributed by atoms with van der Waals surface area (Å²) in [7, 11) is 0. The van der Waals surface area contributed by atoms with Crippen LogP contribution in [-0.2, 0) is 14.3 Å². The van der Waals surface area contributed by atoms with Crippen molar-refractivity contribution in [3.63, 3.8) is 0 Å². The molecule has 0 rings (SSSR count). The number of unbranched alkanes of at least 4 members (excludes halogenated alkanes) is 17. The summed E-state index contributed by atoms with van der Waals surface area (Å²) in [6, 6.07) is 0. The van der Waals surface area contributed by atoms with Gasteiger partial charge in [-0.05, 0) is 77.0 Å². The first-order valence-corrected chi connectivity index (χ1v) is 20.3. The van der Waals surface area contributed by atoms with Crippen LogP contribution in [0.3, 0.4) is 0 Å². The molecule has 0 saturated heterocycles. The van der Waals surface area contributed by atoms with Gasteiger partial charge in [0.15, 0.2) is 0 Å². The molecule has 0 spiro atoms. The SMILES string of the molecule is CC/C=C\C/C=C\C/C=C\C/C=C\C/C=C\CCCCCCCC(=O)OC(CCCC)CCCCCCCCCCCCCCC(=O)O. The van der Waals surface area contributed by atoms with Crippen molar-refractivity contribution in [1.82, 2.24) is 0 Å². The minimum Gasteiger partial charge on any atom is -0.481 e. The number of esters is 1. The molecule has 1 unspecified atom stereocenters. The molecule has 0 aliphatic carbocycles. The molecule has 0 aromatic carbocycles. The molecular formula is C44H76O4. The summed E-state index contributed by atoms with van der Waals surface area (Å²) in [4.78, 5) is 23.0. The first kappa shape index (κ1) is 45.6. The van der Waals surface area contributed by atoms with Gasteiger partial charge in [-0.3, -0.25) is 9.59 Å². The van der Waals surface area contributed by atoms with E-state index in [1.165, 1.54) is 77.0 Å². The van der Waals surface area contributed by atoms with E-state index in [1.807, 2.05) is 0 Å². The van der Waals surface area contributed by atoms with E-state index in [1.54, 1.807) is 0 Å². The molecule has 0 amide bonds. The predicted octanol–water partition coefficient (Wildman–Crippen LogP) is 14.1. The maximum Gasteiger partial charge on any atom is 0.306 e. The minimum absolute atomic E-state index is 0.0109. The standard InChI is InChI=1S/C44H76O4/c1-3-5-7-8-9-10-11-12-13-14-15-16-17-18-19-20-25-28-31-34-37-41-44(47)48-42(38-6-4-2)39-35-32-29-26-23-21-22-24-27-30-33-36-40-43(45)46/h5,7,9-10,12-13,15-16,18-19,42H,3-4,6,8,11,14,17,20-41H2,1-2H3,(H,45,46)/b7-5-,10-9-,13-12-,16-15-,19-18-. The zero-order chi connectivity index (χ0) is 35.0. The van der Waals surface area contributed by atoms with Crippen molar-refractivity contribution < 1.29 is 19.4 Å². The number of ether oxygens (including phenoxy) is 1. The number of aliphatic carboxylic acids is 1. The lowest BCUT2D eigenvalue weighted by atomic mass is 10.0. The van der Waals surface area contributed by atoms with Crippen LogP contribution in [0.4, 0.5) is 0 Å². The van der Waals surface area contributed by atoms with E-state index < -0.39 is 5.97 Å². The highest BCUT2D eigenvalue weighted by Crippen LogP contribution is 2.18. The van der Waals surface area contributed by atoms with Gasteiger partial charge in [0.1, 0.15) is 6.10 Å². The maximum absolute atomic E-state index is 12.5. The molecule has 1 atom stereocenters. The number of carbonyl (C=O) groups excluding carboxylic acids is 1. The van der Waals surface area contributed by atoms with Crippen molar-refractivity contribution >= 4 is 11.9 Å². The smallest absolute Gasteiger partial charge is 0.306 e. The summed E-state index contributed by atoms with van der Waals surface area (Å²) in [5, 5.41) is 8.68. The van der Waals surface area contributed by atoms with Crippen LogP contribution in [-0.4, -0.2) is 23.1 Å². The molecule has 0 heterocycles. The van der Waals surface area contributed by atoms with Crippen LogP contribution in [0.25, 0.3) is 0 Å². The van der Waals surface area contributed by atoms with Gasteiger partial charge < -0.3 is 9.84 Å². The average Bonchev–Trinajstić information content (AvgIpc) is 3.07. The Balaban J connectivity index is 3.71. The monoisotopic (exact) mass is 669 g/mol. The van der Waals surface area contributed by atoms with Gasteiger partial charge in [0.25, 0.3) is 0 Å². The second-order valence-corrected chi connectivity index (χ2v) is 13.4. The van der Waals surface area contributed by atoms with Crippen molar-refractivity contribution in [2.45, 2.75) is 206 Å². The van der Waals surface area contributed by atoms with E-state index in [0.29, 0.717) is 12.8 Å². The molecule has 1 N–H and O–H groups in total. The summed E-state index contributed by atoms with van der Waals surface area (Å²) >= 11 is 0. The van der Waals surface area contributed by atoms with Crippen LogP contribution in [0.15, 0.2) is 60.8 Å². The fraction of sp³-hybridized carbons (Fsp3) is 0.727. The molecule has 0 aromatic rings. The third kappa shape index (κ3) is 38.1. The highest BCUT2D eigenvalue weighted by Gasteiger charge is 2.13. The number of hydrogen-bond acceptors (Lipinski definition) is 3. The molecule has 0 saturated carbocycles. The summed E-state index contributed by atoms with van der Waals surface area (Å²) in [6.07, 6.45) is 54.3. The Morgan fingerprint density at radius 1 is 0.479 bits per heavy atom. The van der Waals surface area contributed by atoms with Gasteiger partial charge in [-0.15, -0.1) is 0 Å². The Kier molecular flexibility index (Phi) is 37.2. The molecule has 276 valence electrons. The Morgan fingerprint density at radius 2 is 0.875 bits per heavy atom. The Hall–Kier alpha value is -2.36. The lowest BCUT2D eigenvalue weighted by Gasteiger charge is -2.18. The average molecular weight is 669 g/mol. The van der Waals surface area contributed by atoms with Gasteiger partial charge in [0.2, 0.25) is 0 Å². The number of hydrogen-bond donors (Lipinski definition) is 1. The van der Waals surface area contributed by atoms with Gasteiger partial charge in [0.05, 0.1) is 0 Å². The summed E-state index contributed by atoms with van der Waals surface area (Å²) in [5.74, 6) is -0.662. The summed E-state index contributed by atoms with van der Waals surface area (Å²) in [6.45, 7) is 4.37. The molecule has 0 radical (unpaired) electrons. The highest BCUT2D eigenvalue weighted by molar-refractivity contribution is 5.69. The van der Waals surface area contributed by atoms with Crippen LogP contribution in [0.2, 0.25) is 0 Å². The molecule has 4 heteroatoms. The Labute approximate surface area is 297 Å². The fourth-order valence-corrected chi connectivity index (χ4v) is 5.79. The van der Waals surface area contributed by atoms with Crippen molar-refractivity contribution in [3.05, 3.63) is 60.8 Å². The quantitative estimate of drug-likeness (QED) is 0.0410. The summed E-state index contributed by atoms with van der Waals surface area (Å²) in [5.41, 5.74) is 0. The lowest BCUT2D eigenvalue weighted by molar-refractivity contribution is -0.150. The van der Waals surface area contributed by atoms with Gasteiger partial charge in [-0.1, -0.05) is 171 Å². The van der Waals surface area contributed by atoms with Crippen LogP contribution in [0.5, 0.6) is 0 Å². The molecular weight excluding hydrogens is 592 g/mol. The third-order valence-electron chi connectivity index (χ3n) is 8.75. The number of carboxylic acid groups (broad SMARTS) is 1. The van der Waals surface area contributed by atoms with Crippen molar-refractivity contribution in [3.8, 4) is 0 Å². The summed E-state index contributed by atoms with van der Waals surface area (Å²) < 4.78 is 5.92. The molecule has 0 bridgehead atoms. The maximum atomic E-state index is 12.5. The second-order valence-electron chi connectivity index (χ2n) is 13.4. The van der Waals surface area contributed by atoms with Crippen LogP contribution in [0.1, 0.15) is 200 Å². The highest BCUT2D eigenvalue weighted by atomic mass is 16.5. The van der Waals surface area contributed by atoms with Gasteiger partial charge in [-0.25, -0.2) is 0 Å². The minimum atomic E-state index is -0.673. The molecule has 4 nitrogen and oxygen atoms in total. The first-order valence-electron chi connectivity index (χ1n) is 20.3. The normalized spacial score (nSPS) is 12.9. The molecule has 0 aliphatic rings. The number of carbonyl (C=O) groups is 2. The lowest BCUT2D eigenvalue weighted by Crippen LogP contribution is -2.18. The second kappa shape index (κ2) is 39.1. The number of rotatable bonds is 36. The zero-order valence-corrected chi connectivity index (χ0v) is 31.5. The van der Waals surface area contributed by atoms with E-state index in [-0.39, 0.29) is 12.1 Å². The van der Waals surface area contributed by atoms with Crippen LogP contribution >= 0.6 is 0 Å². The van der Waals surface area contributed by atoms with E-state index in [4.69, 9.17) is 9.84 Å². The Morgan fingerprint density at radius 3 is 1.35 bits per heavy atom. The largest absolute Gasteiger partial charge is 0.481 e. The van der Waals surface area contributed by atoms with E-state index in [2.05, 4.69) is 74.6 Å². The van der Waals surface area contributed by atoms with E-state index in [0.717, 1.165) is 96.3 Å².